The molecule has 0 spiro atoms. The van der Waals surface area contributed by atoms with E-state index < -0.39 is 11.6 Å². The summed E-state index contributed by atoms with van der Waals surface area (Å²) in [5.74, 6) is -1.62. The highest BCUT2D eigenvalue weighted by Crippen LogP contribution is 2.13. The molecule has 0 aliphatic rings. The van der Waals surface area contributed by atoms with Crippen molar-refractivity contribution in [3.05, 3.63) is 71.3 Å². The van der Waals surface area contributed by atoms with Gasteiger partial charge in [0.1, 0.15) is 5.60 Å². The third-order valence-corrected chi connectivity index (χ3v) is 3.81. The summed E-state index contributed by atoms with van der Waals surface area (Å²) in [4.78, 5) is 33.0. The van der Waals surface area contributed by atoms with Crippen molar-refractivity contribution in [2.75, 3.05) is 12.8 Å². The zero-order valence-corrected chi connectivity index (χ0v) is 20.3. The van der Waals surface area contributed by atoms with Crippen molar-refractivity contribution in [2.45, 2.75) is 53.1 Å². The van der Waals surface area contributed by atoms with Gasteiger partial charge in [-0.05, 0) is 62.6 Å². The predicted octanol–water partition coefficient (Wildman–Crippen LogP) is 5.14. The molecule has 33 heavy (non-hydrogen) atoms. The molecule has 2 aromatic rings. The van der Waals surface area contributed by atoms with Crippen LogP contribution < -0.4 is 5.73 Å². The average Bonchev–Trinajstić information content (AvgIpc) is 2.78. The first-order valence-corrected chi connectivity index (χ1v) is 10.7. The third kappa shape index (κ3) is 13.4. The Hall–Kier alpha value is -3.61. The topological polar surface area (TPSA) is 116 Å². The quantitative estimate of drug-likeness (QED) is 0.350. The molecule has 0 bridgehead atoms. The van der Waals surface area contributed by atoms with Crippen LogP contribution in [0.1, 0.15) is 62.5 Å². The number of rotatable bonds is 6. The van der Waals surface area contributed by atoms with Gasteiger partial charge < -0.3 is 20.3 Å². The highest BCUT2D eigenvalue weighted by Gasteiger charge is 2.16. The fourth-order valence-corrected chi connectivity index (χ4v) is 2.39. The Morgan fingerprint density at radius 2 is 1.67 bits per heavy atom. The van der Waals surface area contributed by atoms with E-state index in [9.17, 15) is 14.4 Å². The zero-order chi connectivity index (χ0) is 25.4. The minimum atomic E-state index is -0.964. The van der Waals surface area contributed by atoms with Crippen LogP contribution in [0.2, 0.25) is 0 Å². The first-order valence-electron chi connectivity index (χ1n) is 10.7. The van der Waals surface area contributed by atoms with Gasteiger partial charge in [-0.15, -0.1) is 0 Å². The number of nitrogen functional groups attached to an aromatic ring is 1. The van der Waals surface area contributed by atoms with Crippen LogP contribution >= 0.6 is 0 Å². The van der Waals surface area contributed by atoms with Gasteiger partial charge in [-0.1, -0.05) is 44.2 Å². The fraction of sp³-hybridized carbons (Fsp3) is 0.346. The second-order valence-electron chi connectivity index (χ2n) is 7.58. The average molecular weight is 458 g/mol. The highest BCUT2D eigenvalue weighted by atomic mass is 16.6. The van der Waals surface area contributed by atoms with E-state index in [-0.39, 0.29) is 23.9 Å². The van der Waals surface area contributed by atoms with Gasteiger partial charge in [0.25, 0.3) is 0 Å². The summed E-state index contributed by atoms with van der Waals surface area (Å²) in [6.07, 6.45) is 3.70. The number of benzene rings is 2. The summed E-state index contributed by atoms with van der Waals surface area (Å²) in [7, 11) is 1.33. The van der Waals surface area contributed by atoms with Crippen molar-refractivity contribution in [2.24, 2.45) is 0 Å². The van der Waals surface area contributed by atoms with Gasteiger partial charge in [-0.25, -0.2) is 9.59 Å². The van der Waals surface area contributed by atoms with Gasteiger partial charge >= 0.3 is 17.9 Å². The summed E-state index contributed by atoms with van der Waals surface area (Å²) in [5, 5.41) is 8.85. The Morgan fingerprint density at radius 1 is 1.03 bits per heavy atom. The standard InChI is InChI=1S/C14H18O4.C10H11NO2.C2H6/c1-14(2,3)18-12(15)8-7-10-5-4-6-11(9-10)13(16)17;1-13-10(12)7-6-8-4-2-3-5-9(8)11;1-2/h4-6,9H,7-8H2,1-3H3,(H,16,17);2-7H,11H2,1H3;1-2H3/b;7-6+;. The van der Waals surface area contributed by atoms with Crippen LogP contribution in [-0.4, -0.2) is 35.7 Å². The van der Waals surface area contributed by atoms with E-state index in [1.165, 1.54) is 19.3 Å². The number of carbonyl (C=O) groups excluding carboxylic acids is 2. The van der Waals surface area contributed by atoms with Crippen molar-refractivity contribution in [3.8, 4) is 0 Å². The molecule has 2 rings (SSSR count). The molecule has 0 atom stereocenters. The lowest BCUT2D eigenvalue weighted by atomic mass is 10.1. The maximum atomic E-state index is 11.5. The maximum Gasteiger partial charge on any atom is 0.335 e. The van der Waals surface area contributed by atoms with Gasteiger partial charge in [0, 0.05) is 18.2 Å². The number of nitrogens with two attached hydrogens (primary N) is 1. The van der Waals surface area contributed by atoms with Crippen molar-refractivity contribution in [3.63, 3.8) is 0 Å². The summed E-state index contributed by atoms with van der Waals surface area (Å²) in [5.41, 5.74) is 7.67. The molecule has 0 aromatic heterocycles. The number of aryl methyl sites for hydroxylation is 1. The molecule has 0 unspecified atom stereocenters. The molecular weight excluding hydrogens is 422 g/mol. The summed E-state index contributed by atoms with van der Waals surface area (Å²) in [6, 6.07) is 13.9. The minimum absolute atomic E-state index is 0.233. The highest BCUT2D eigenvalue weighted by molar-refractivity contribution is 5.88. The zero-order valence-electron chi connectivity index (χ0n) is 20.3. The summed E-state index contributed by atoms with van der Waals surface area (Å²) >= 11 is 0. The van der Waals surface area contributed by atoms with E-state index in [1.54, 1.807) is 30.3 Å². The second kappa shape index (κ2) is 15.2. The maximum absolute atomic E-state index is 11.5. The number of para-hydroxylation sites is 1. The molecule has 0 fully saturated rings. The molecule has 0 radical (unpaired) electrons. The van der Waals surface area contributed by atoms with E-state index in [1.807, 2.05) is 52.8 Å². The molecule has 3 N–H and O–H groups in total. The van der Waals surface area contributed by atoms with Crippen LogP contribution in [0.5, 0.6) is 0 Å². The third-order valence-electron chi connectivity index (χ3n) is 3.81. The Balaban J connectivity index is 0.000000602. The number of methoxy groups -OCH3 is 1. The number of carboxylic acid groups (broad SMARTS) is 1. The normalized spacial score (nSPS) is 10.2. The molecular formula is C26H35NO6. The number of esters is 2. The molecule has 180 valence electrons. The first kappa shape index (κ1) is 29.4. The second-order valence-corrected chi connectivity index (χ2v) is 7.58. The van der Waals surface area contributed by atoms with Gasteiger partial charge in [0.05, 0.1) is 12.7 Å². The number of hydrogen-bond donors (Lipinski definition) is 2. The Labute approximate surface area is 196 Å². The summed E-state index contributed by atoms with van der Waals surface area (Å²) in [6.45, 7) is 9.45. The number of ether oxygens (including phenoxy) is 2. The van der Waals surface area contributed by atoms with Crippen LogP contribution in [0.3, 0.4) is 0 Å². The minimum Gasteiger partial charge on any atom is -0.478 e. The smallest absolute Gasteiger partial charge is 0.335 e. The van der Waals surface area contributed by atoms with Crippen molar-refractivity contribution in [1.82, 2.24) is 0 Å². The SMILES string of the molecule is CC.CC(C)(C)OC(=O)CCc1cccc(C(=O)O)c1.COC(=O)/C=C/c1ccccc1N. The number of carbonyl (C=O) groups is 3. The van der Waals surface area contributed by atoms with Gasteiger partial charge in [-0.2, -0.15) is 0 Å². The number of aromatic carboxylic acids is 1. The molecule has 0 aliphatic heterocycles. The molecule has 0 aliphatic carbocycles. The van der Waals surface area contributed by atoms with Crippen molar-refractivity contribution in [1.29, 1.82) is 0 Å². The van der Waals surface area contributed by atoms with E-state index in [0.717, 1.165) is 11.1 Å². The van der Waals surface area contributed by atoms with Gasteiger partial charge in [-0.3, -0.25) is 4.79 Å². The molecule has 0 saturated heterocycles. The van der Waals surface area contributed by atoms with Gasteiger partial charge in [0.2, 0.25) is 0 Å². The number of carboxylic acids is 1. The van der Waals surface area contributed by atoms with E-state index >= 15 is 0 Å². The molecule has 7 nitrogen and oxygen atoms in total. The summed E-state index contributed by atoms with van der Waals surface area (Å²) < 4.78 is 9.63. The Bertz CT molecular complexity index is 928. The molecule has 2 aromatic carbocycles. The van der Waals surface area contributed by atoms with Crippen molar-refractivity contribution < 1.29 is 29.0 Å². The van der Waals surface area contributed by atoms with Gasteiger partial charge in [0.15, 0.2) is 0 Å². The number of anilines is 1. The monoisotopic (exact) mass is 457 g/mol. The Morgan fingerprint density at radius 3 is 2.21 bits per heavy atom. The predicted molar refractivity (Wildman–Crippen MR) is 131 cm³/mol. The lowest BCUT2D eigenvalue weighted by Gasteiger charge is -2.19. The Kier molecular flexibility index (Phi) is 13.6. The first-order chi connectivity index (χ1) is 15.5. The van der Waals surface area contributed by atoms with E-state index in [2.05, 4.69) is 4.74 Å². The van der Waals surface area contributed by atoms with Crippen LogP contribution in [-0.2, 0) is 25.5 Å². The fourth-order valence-electron chi connectivity index (χ4n) is 2.39. The molecule has 0 saturated carbocycles. The molecule has 0 heterocycles. The van der Waals surface area contributed by atoms with Crippen LogP contribution in [0, 0.1) is 0 Å². The molecule has 7 heteroatoms. The van der Waals surface area contributed by atoms with Crippen LogP contribution in [0.4, 0.5) is 5.69 Å². The largest absolute Gasteiger partial charge is 0.478 e. The van der Waals surface area contributed by atoms with Crippen molar-refractivity contribution >= 4 is 29.7 Å². The van der Waals surface area contributed by atoms with Crippen LogP contribution in [0.25, 0.3) is 6.08 Å². The lowest BCUT2D eigenvalue weighted by Crippen LogP contribution is -2.24. The van der Waals surface area contributed by atoms with E-state index in [0.29, 0.717) is 12.1 Å². The van der Waals surface area contributed by atoms with E-state index in [4.69, 9.17) is 15.6 Å². The molecule has 0 amide bonds. The van der Waals surface area contributed by atoms with Crippen LogP contribution in [0.15, 0.2) is 54.6 Å². The lowest BCUT2D eigenvalue weighted by molar-refractivity contribution is -0.154. The number of hydrogen-bond acceptors (Lipinski definition) is 6.